The Morgan fingerprint density at radius 1 is 1.45 bits per heavy atom. The lowest BCUT2D eigenvalue weighted by Gasteiger charge is -2.18. The standard InChI is InChI=1S/C6H14S5/c1-4-5(2)6(8-3)9-11-10-7/h5-7H,4H2,1-3H3. The average molecular weight is 247 g/mol. The second-order valence-corrected chi connectivity index (χ2v) is 8.49. The zero-order valence-electron chi connectivity index (χ0n) is 6.94. The third kappa shape index (κ3) is 5.91. The van der Waals surface area contributed by atoms with Gasteiger partial charge < -0.3 is 0 Å². The van der Waals surface area contributed by atoms with Crippen LogP contribution in [-0.4, -0.2) is 10.8 Å². The van der Waals surface area contributed by atoms with Gasteiger partial charge in [-0.1, -0.05) is 42.7 Å². The van der Waals surface area contributed by atoms with Crippen LogP contribution in [0.1, 0.15) is 20.3 Å². The first-order valence-corrected chi connectivity index (χ1v) is 9.31. The van der Waals surface area contributed by atoms with Crippen LogP contribution in [0.3, 0.4) is 0 Å². The molecule has 0 aromatic rings. The van der Waals surface area contributed by atoms with Crippen LogP contribution in [0, 0.1) is 5.92 Å². The summed E-state index contributed by atoms with van der Waals surface area (Å²) < 4.78 is 0.713. The molecule has 0 nitrogen and oxygen atoms in total. The number of hydrogen-bond acceptors (Lipinski definition) is 5. The molecular formula is C6H14S5. The lowest BCUT2D eigenvalue weighted by molar-refractivity contribution is 0.617. The van der Waals surface area contributed by atoms with Crippen LogP contribution < -0.4 is 0 Å². The highest BCUT2D eigenvalue weighted by atomic mass is 33.7. The minimum atomic E-state index is 0.713. The van der Waals surface area contributed by atoms with E-state index in [0.717, 1.165) is 5.92 Å². The summed E-state index contributed by atoms with van der Waals surface area (Å²) in [4.78, 5) is 0. The van der Waals surface area contributed by atoms with Gasteiger partial charge in [0.05, 0.1) is 4.58 Å². The summed E-state index contributed by atoms with van der Waals surface area (Å²) in [5.41, 5.74) is 0. The Bertz CT molecular complexity index is 87.0. The summed E-state index contributed by atoms with van der Waals surface area (Å²) in [5, 5.41) is 0. The first kappa shape index (κ1) is 12.8. The molecule has 2 unspecified atom stereocenters. The molecule has 0 radical (unpaired) electrons. The van der Waals surface area contributed by atoms with E-state index in [-0.39, 0.29) is 0 Å². The van der Waals surface area contributed by atoms with E-state index in [9.17, 15) is 0 Å². The quantitative estimate of drug-likeness (QED) is 0.413. The highest BCUT2D eigenvalue weighted by Crippen LogP contribution is 2.45. The zero-order chi connectivity index (χ0) is 8.69. The van der Waals surface area contributed by atoms with Crippen molar-refractivity contribution in [1.82, 2.24) is 0 Å². The molecule has 0 aromatic heterocycles. The molecule has 0 heterocycles. The molecule has 11 heavy (non-hydrogen) atoms. The monoisotopic (exact) mass is 246 g/mol. The second-order valence-electron chi connectivity index (χ2n) is 2.23. The molecule has 5 heteroatoms. The lowest BCUT2D eigenvalue weighted by atomic mass is 10.2. The fraction of sp³-hybridized carbons (Fsp3) is 1.00. The van der Waals surface area contributed by atoms with Crippen molar-refractivity contribution in [1.29, 1.82) is 0 Å². The highest BCUT2D eigenvalue weighted by Gasteiger charge is 2.14. The van der Waals surface area contributed by atoms with Gasteiger partial charge in [-0.25, -0.2) is 0 Å². The van der Waals surface area contributed by atoms with Gasteiger partial charge in [-0.2, -0.15) is 0 Å². The maximum atomic E-state index is 4.08. The van der Waals surface area contributed by atoms with Gasteiger partial charge in [-0.05, 0) is 31.8 Å². The van der Waals surface area contributed by atoms with Crippen molar-refractivity contribution in [3.05, 3.63) is 0 Å². The third-order valence-corrected chi connectivity index (χ3v) is 8.40. The Kier molecular flexibility index (Phi) is 9.68. The summed E-state index contributed by atoms with van der Waals surface area (Å²) in [6.07, 6.45) is 3.43. The van der Waals surface area contributed by atoms with Gasteiger partial charge >= 0.3 is 0 Å². The van der Waals surface area contributed by atoms with Crippen molar-refractivity contribution in [2.24, 2.45) is 5.92 Å². The van der Waals surface area contributed by atoms with Crippen LogP contribution in [0.25, 0.3) is 0 Å². The predicted molar refractivity (Wildman–Crippen MR) is 68.5 cm³/mol. The Hall–Kier alpha value is 1.75. The minimum Gasteiger partial charge on any atom is -0.150 e. The summed E-state index contributed by atoms with van der Waals surface area (Å²) in [7, 11) is 5.22. The number of hydrogen-bond donors (Lipinski definition) is 1. The van der Waals surface area contributed by atoms with E-state index in [0.29, 0.717) is 4.58 Å². The van der Waals surface area contributed by atoms with E-state index in [4.69, 9.17) is 0 Å². The molecule has 0 rings (SSSR count). The Balaban J connectivity index is 3.56. The second kappa shape index (κ2) is 8.35. The molecule has 0 fully saturated rings. The van der Waals surface area contributed by atoms with E-state index < -0.39 is 0 Å². The maximum absolute atomic E-state index is 4.08. The summed E-state index contributed by atoms with van der Waals surface area (Å²) >= 11 is 6.02. The van der Waals surface area contributed by atoms with Crippen LogP contribution >= 0.6 is 53.9 Å². The van der Waals surface area contributed by atoms with Crippen LogP contribution in [0.15, 0.2) is 0 Å². The van der Waals surface area contributed by atoms with Gasteiger partial charge in [0.2, 0.25) is 0 Å². The van der Waals surface area contributed by atoms with Crippen molar-refractivity contribution in [2.45, 2.75) is 24.9 Å². The van der Waals surface area contributed by atoms with E-state index in [1.807, 2.05) is 22.6 Å². The van der Waals surface area contributed by atoms with Crippen LogP contribution in [-0.2, 0) is 0 Å². The van der Waals surface area contributed by atoms with E-state index in [2.05, 4.69) is 31.8 Å². The van der Waals surface area contributed by atoms with Gasteiger partial charge in [0, 0.05) is 0 Å². The topological polar surface area (TPSA) is 0 Å². The molecule has 0 aliphatic heterocycles. The molecule has 2 atom stereocenters. The summed E-state index contributed by atoms with van der Waals surface area (Å²) in [5.74, 6) is 0.794. The van der Waals surface area contributed by atoms with Gasteiger partial charge in [0.15, 0.2) is 0 Å². The lowest BCUT2D eigenvalue weighted by Crippen LogP contribution is -2.06. The largest absolute Gasteiger partial charge is 0.150 e. The van der Waals surface area contributed by atoms with Crippen molar-refractivity contribution < 1.29 is 0 Å². The smallest absolute Gasteiger partial charge is 0.0637 e. The minimum absolute atomic E-state index is 0.713. The maximum Gasteiger partial charge on any atom is 0.0637 e. The van der Waals surface area contributed by atoms with Crippen LogP contribution in [0.5, 0.6) is 0 Å². The van der Waals surface area contributed by atoms with Gasteiger partial charge in [0.1, 0.15) is 0 Å². The number of rotatable bonds is 6. The molecule has 0 N–H and O–H groups in total. The molecule has 0 saturated heterocycles. The van der Waals surface area contributed by atoms with Gasteiger partial charge in [0.25, 0.3) is 0 Å². The molecule has 0 amide bonds. The van der Waals surface area contributed by atoms with Gasteiger partial charge in [-0.15, -0.1) is 11.8 Å². The third-order valence-electron chi connectivity index (χ3n) is 1.51. The molecule has 0 bridgehead atoms. The van der Waals surface area contributed by atoms with Crippen molar-refractivity contribution in [2.75, 3.05) is 6.26 Å². The predicted octanol–water partition coefficient (Wildman–Crippen LogP) is 4.60. The molecule has 0 aliphatic carbocycles. The van der Waals surface area contributed by atoms with Crippen molar-refractivity contribution >= 4 is 53.9 Å². The van der Waals surface area contributed by atoms with E-state index in [1.165, 1.54) is 16.2 Å². The van der Waals surface area contributed by atoms with Crippen LogP contribution in [0.4, 0.5) is 0 Å². The van der Waals surface area contributed by atoms with E-state index >= 15 is 0 Å². The SMILES string of the molecule is CCC(C)C(SC)SSSS. The molecule has 0 spiro atoms. The zero-order valence-corrected chi connectivity index (χ0v) is 11.1. The highest BCUT2D eigenvalue weighted by molar-refractivity contribution is 9.24. The molecule has 68 valence electrons. The number of thiol groups is 1. The summed E-state index contributed by atoms with van der Waals surface area (Å²) in [6.45, 7) is 4.55. The Labute approximate surface area is 90.4 Å². The molecule has 0 aliphatic rings. The first-order valence-electron chi connectivity index (χ1n) is 3.42. The molecule has 0 saturated carbocycles. The normalized spacial score (nSPS) is 16.4. The van der Waals surface area contributed by atoms with Crippen LogP contribution in [0.2, 0.25) is 0 Å². The Morgan fingerprint density at radius 3 is 2.45 bits per heavy atom. The van der Waals surface area contributed by atoms with Crippen molar-refractivity contribution in [3.63, 3.8) is 0 Å². The van der Waals surface area contributed by atoms with Crippen molar-refractivity contribution in [3.8, 4) is 0 Å². The average Bonchev–Trinajstić information content (AvgIpc) is 2.05. The molecule has 0 aromatic carbocycles. The van der Waals surface area contributed by atoms with Gasteiger partial charge in [-0.3, -0.25) is 0 Å². The fourth-order valence-electron chi connectivity index (χ4n) is 0.615. The first-order chi connectivity index (χ1) is 5.26. The fourth-order valence-corrected chi connectivity index (χ4v) is 6.52. The summed E-state index contributed by atoms with van der Waals surface area (Å²) in [6, 6.07) is 0. The van der Waals surface area contributed by atoms with E-state index in [1.54, 1.807) is 9.83 Å². The Morgan fingerprint density at radius 2 is 2.09 bits per heavy atom. The molecular weight excluding hydrogens is 232 g/mol. The number of thioether (sulfide) groups is 1.